The maximum atomic E-state index is 12.7. The van der Waals surface area contributed by atoms with Gasteiger partial charge >= 0.3 is 0 Å². The number of ether oxygens (including phenoxy) is 3. The first kappa shape index (κ1) is 22.7. The van der Waals surface area contributed by atoms with Crippen LogP contribution in [-0.2, 0) is 4.79 Å². The molecule has 4 aromatic rings. The topological polar surface area (TPSA) is 85.9 Å². The van der Waals surface area contributed by atoms with E-state index in [4.69, 9.17) is 14.2 Å². The normalized spacial score (nSPS) is 10.4. The van der Waals surface area contributed by atoms with E-state index < -0.39 is 0 Å². The second kappa shape index (κ2) is 10.4. The molecular formula is C27H24N2O5. The average Bonchev–Trinajstić information content (AvgIpc) is 2.88. The number of anilines is 1. The van der Waals surface area contributed by atoms with Crippen LogP contribution in [0.4, 0.5) is 5.69 Å². The predicted molar refractivity (Wildman–Crippen MR) is 131 cm³/mol. The summed E-state index contributed by atoms with van der Waals surface area (Å²) in [5.74, 6) is 1.38. The van der Waals surface area contributed by atoms with Crippen LogP contribution < -0.4 is 24.8 Å². The minimum atomic E-state index is -0.378. The fourth-order valence-electron chi connectivity index (χ4n) is 3.54. The van der Waals surface area contributed by atoms with Crippen molar-refractivity contribution in [1.82, 2.24) is 5.32 Å². The molecule has 7 heteroatoms. The maximum Gasteiger partial charge on any atom is 0.252 e. The van der Waals surface area contributed by atoms with Gasteiger partial charge in [-0.3, -0.25) is 9.59 Å². The van der Waals surface area contributed by atoms with Gasteiger partial charge in [-0.25, -0.2) is 0 Å². The first-order chi connectivity index (χ1) is 16.6. The van der Waals surface area contributed by atoms with E-state index in [1.54, 1.807) is 62.8 Å². The summed E-state index contributed by atoms with van der Waals surface area (Å²) >= 11 is 0. The molecule has 0 aliphatic heterocycles. The van der Waals surface area contributed by atoms with Crippen molar-refractivity contribution in [1.29, 1.82) is 0 Å². The summed E-state index contributed by atoms with van der Waals surface area (Å²) in [6, 6.07) is 25.3. The fraction of sp³-hybridized carbons (Fsp3) is 0.111. The average molecular weight is 456 g/mol. The smallest absolute Gasteiger partial charge is 0.252 e. The zero-order valence-electron chi connectivity index (χ0n) is 18.8. The Kier molecular flexibility index (Phi) is 6.93. The van der Waals surface area contributed by atoms with Gasteiger partial charge in [0.25, 0.3) is 5.91 Å². The molecule has 0 atom stereocenters. The first-order valence-corrected chi connectivity index (χ1v) is 10.6. The molecule has 0 saturated carbocycles. The summed E-state index contributed by atoms with van der Waals surface area (Å²) in [7, 11) is 3.10. The molecule has 7 nitrogen and oxygen atoms in total. The van der Waals surface area contributed by atoms with Gasteiger partial charge in [0, 0.05) is 11.6 Å². The van der Waals surface area contributed by atoms with Crippen molar-refractivity contribution in [3.63, 3.8) is 0 Å². The molecule has 34 heavy (non-hydrogen) atoms. The lowest BCUT2D eigenvalue weighted by Gasteiger charge is -2.14. The maximum absolute atomic E-state index is 12.7. The Morgan fingerprint density at radius 2 is 1.50 bits per heavy atom. The molecule has 0 heterocycles. The minimum Gasteiger partial charge on any atom is -0.493 e. The molecule has 0 bridgehead atoms. The van der Waals surface area contributed by atoms with Crippen molar-refractivity contribution in [2.45, 2.75) is 0 Å². The zero-order chi connectivity index (χ0) is 23.9. The van der Waals surface area contributed by atoms with Crippen molar-refractivity contribution < 1.29 is 23.8 Å². The number of nitrogens with one attached hydrogen (secondary N) is 2. The van der Waals surface area contributed by atoms with Crippen LogP contribution >= 0.6 is 0 Å². The Morgan fingerprint density at radius 3 is 2.32 bits per heavy atom. The highest BCUT2D eigenvalue weighted by Gasteiger charge is 2.14. The van der Waals surface area contributed by atoms with Crippen LogP contribution in [0.3, 0.4) is 0 Å². The largest absolute Gasteiger partial charge is 0.493 e. The van der Waals surface area contributed by atoms with Crippen molar-refractivity contribution in [3.8, 4) is 23.0 Å². The first-order valence-electron chi connectivity index (χ1n) is 10.6. The standard InChI is InChI=1S/C27H24N2O5/c1-32-24-15-14-19(16-25(24)33-2)34-23-13-6-5-12-22(23)29-26(30)17-28-27(31)21-11-7-9-18-8-3-4-10-20(18)21/h3-16H,17H2,1-2H3,(H,28,31)(H,29,30). The van der Waals surface area contributed by atoms with Crippen molar-refractivity contribution in [2.75, 3.05) is 26.1 Å². The van der Waals surface area contributed by atoms with E-state index in [1.165, 1.54) is 0 Å². The molecule has 4 rings (SSSR count). The Balaban J connectivity index is 1.42. The number of benzene rings is 4. The van der Waals surface area contributed by atoms with E-state index in [0.29, 0.717) is 34.2 Å². The molecule has 0 spiro atoms. The van der Waals surface area contributed by atoms with E-state index in [9.17, 15) is 9.59 Å². The molecule has 4 aromatic carbocycles. The molecule has 2 amide bonds. The second-order valence-electron chi connectivity index (χ2n) is 7.37. The molecule has 0 aromatic heterocycles. The molecule has 172 valence electrons. The number of hydrogen-bond donors (Lipinski definition) is 2. The number of hydrogen-bond acceptors (Lipinski definition) is 5. The van der Waals surface area contributed by atoms with Gasteiger partial charge in [0.05, 0.1) is 26.5 Å². The van der Waals surface area contributed by atoms with E-state index >= 15 is 0 Å². The third-order valence-corrected chi connectivity index (χ3v) is 5.19. The van der Waals surface area contributed by atoms with E-state index in [-0.39, 0.29) is 18.4 Å². The number of para-hydroxylation sites is 2. The number of carbonyl (C=O) groups excluding carboxylic acids is 2. The highest BCUT2D eigenvalue weighted by Crippen LogP contribution is 2.35. The van der Waals surface area contributed by atoms with Crippen molar-refractivity contribution in [3.05, 3.63) is 90.5 Å². The van der Waals surface area contributed by atoms with Crippen LogP contribution in [0.15, 0.2) is 84.9 Å². The SMILES string of the molecule is COc1ccc(Oc2ccccc2NC(=O)CNC(=O)c2cccc3ccccc23)cc1OC. The quantitative estimate of drug-likeness (QED) is 0.389. The number of rotatable bonds is 8. The van der Waals surface area contributed by atoms with Gasteiger partial charge in [0.2, 0.25) is 5.91 Å². The van der Waals surface area contributed by atoms with Gasteiger partial charge in [0.1, 0.15) is 5.75 Å². The molecule has 0 saturated heterocycles. The summed E-state index contributed by atoms with van der Waals surface area (Å²) in [4.78, 5) is 25.3. The molecule has 0 aliphatic carbocycles. The molecule has 0 aliphatic rings. The Bertz CT molecular complexity index is 1330. The highest BCUT2D eigenvalue weighted by molar-refractivity contribution is 6.08. The third kappa shape index (κ3) is 5.10. The van der Waals surface area contributed by atoms with Crippen LogP contribution in [-0.4, -0.2) is 32.6 Å². The second-order valence-corrected chi connectivity index (χ2v) is 7.37. The predicted octanol–water partition coefficient (Wildman–Crippen LogP) is 5.02. The summed E-state index contributed by atoms with van der Waals surface area (Å²) in [6.45, 7) is -0.188. The monoisotopic (exact) mass is 456 g/mol. The number of fused-ring (bicyclic) bond motifs is 1. The van der Waals surface area contributed by atoms with Crippen LogP contribution in [0.2, 0.25) is 0 Å². The molecule has 0 unspecified atom stereocenters. The summed E-state index contributed by atoms with van der Waals surface area (Å²) < 4.78 is 16.5. The number of methoxy groups -OCH3 is 2. The number of amides is 2. The van der Waals surface area contributed by atoms with Crippen molar-refractivity contribution in [2.24, 2.45) is 0 Å². The fourth-order valence-corrected chi connectivity index (χ4v) is 3.54. The van der Waals surface area contributed by atoms with Gasteiger partial charge in [-0.2, -0.15) is 0 Å². The van der Waals surface area contributed by atoms with Crippen LogP contribution in [0.5, 0.6) is 23.0 Å². The summed E-state index contributed by atoms with van der Waals surface area (Å²) in [5, 5.41) is 7.27. The van der Waals surface area contributed by atoms with Gasteiger partial charge in [-0.05, 0) is 41.1 Å². The Hall–Kier alpha value is -4.52. The Labute approximate surface area is 197 Å². The van der Waals surface area contributed by atoms with Gasteiger partial charge < -0.3 is 24.8 Å². The Morgan fingerprint density at radius 1 is 0.765 bits per heavy atom. The summed E-state index contributed by atoms with van der Waals surface area (Å²) in [5.41, 5.74) is 0.991. The number of carbonyl (C=O) groups is 2. The van der Waals surface area contributed by atoms with Crippen LogP contribution in [0, 0.1) is 0 Å². The minimum absolute atomic E-state index is 0.188. The molecular weight excluding hydrogens is 432 g/mol. The lowest BCUT2D eigenvalue weighted by Crippen LogP contribution is -2.33. The molecule has 0 fully saturated rings. The van der Waals surface area contributed by atoms with Gasteiger partial charge in [0.15, 0.2) is 17.2 Å². The van der Waals surface area contributed by atoms with Gasteiger partial charge in [-0.1, -0.05) is 48.5 Å². The lowest BCUT2D eigenvalue weighted by atomic mass is 10.0. The van der Waals surface area contributed by atoms with E-state index in [1.807, 2.05) is 36.4 Å². The van der Waals surface area contributed by atoms with E-state index in [0.717, 1.165) is 10.8 Å². The molecule has 2 N–H and O–H groups in total. The van der Waals surface area contributed by atoms with Crippen LogP contribution in [0.1, 0.15) is 10.4 Å². The van der Waals surface area contributed by atoms with Crippen molar-refractivity contribution >= 4 is 28.3 Å². The molecule has 0 radical (unpaired) electrons. The third-order valence-electron chi connectivity index (χ3n) is 5.19. The zero-order valence-corrected chi connectivity index (χ0v) is 18.8. The lowest BCUT2D eigenvalue weighted by molar-refractivity contribution is -0.115. The summed E-state index contributed by atoms with van der Waals surface area (Å²) in [6.07, 6.45) is 0. The highest BCUT2D eigenvalue weighted by atomic mass is 16.5. The van der Waals surface area contributed by atoms with E-state index in [2.05, 4.69) is 10.6 Å². The van der Waals surface area contributed by atoms with Crippen LogP contribution in [0.25, 0.3) is 10.8 Å². The van der Waals surface area contributed by atoms with Gasteiger partial charge in [-0.15, -0.1) is 0 Å².